The molecule has 1 unspecified atom stereocenters. The predicted molar refractivity (Wildman–Crippen MR) is 240 cm³/mol. The largest absolute Gasteiger partial charge is 0.228 e. The zero-order chi connectivity index (χ0) is 37.9. The van der Waals surface area contributed by atoms with Crippen molar-refractivity contribution < 1.29 is 0 Å². The summed E-state index contributed by atoms with van der Waals surface area (Å²) < 4.78 is 2.63. The molecule has 11 rings (SSSR count). The van der Waals surface area contributed by atoms with Gasteiger partial charge in [0.05, 0.1) is 11.4 Å². The number of benzene rings is 8. The first-order valence-corrected chi connectivity index (χ1v) is 20.3. The van der Waals surface area contributed by atoms with E-state index in [1.807, 2.05) is 29.5 Å². The lowest BCUT2D eigenvalue weighted by atomic mass is 9.74. The van der Waals surface area contributed by atoms with Crippen LogP contribution in [0.5, 0.6) is 0 Å². The molecule has 1 aliphatic rings. The first-order valence-electron chi connectivity index (χ1n) is 19.5. The third-order valence-corrected chi connectivity index (χ3v) is 13.0. The van der Waals surface area contributed by atoms with E-state index < -0.39 is 0 Å². The summed E-state index contributed by atoms with van der Waals surface area (Å²) in [7, 11) is 0. The second-order valence-electron chi connectivity index (χ2n) is 15.1. The van der Waals surface area contributed by atoms with Gasteiger partial charge in [-0.05, 0) is 81.3 Å². The monoisotopic (exact) mass is 744 g/mol. The van der Waals surface area contributed by atoms with Crippen LogP contribution in [0.15, 0.2) is 200 Å². The molecule has 3 heteroatoms. The van der Waals surface area contributed by atoms with Crippen LogP contribution in [0.2, 0.25) is 0 Å². The number of rotatable bonds is 6. The molecule has 0 amide bonds. The van der Waals surface area contributed by atoms with Gasteiger partial charge < -0.3 is 0 Å². The third-order valence-electron chi connectivity index (χ3n) is 11.8. The van der Waals surface area contributed by atoms with Gasteiger partial charge in [0.25, 0.3) is 0 Å². The highest BCUT2D eigenvalue weighted by Gasteiger charge is 2.40. The Labute approximate surface area is 336 Å². The highest BCUT2D eigenvalue weighted by molar-refractivity contribution is 7.25. The van der Waals surface area contributed by atoms with E-state index in [1.165, 1.54) is 64.7 Å². The van der Waals surface area contributed by atoms with E-state index in [0.29, 0.717) is 5.82 Å². The van der Waals surface area contributed by atoms with Crippen molar-refractivity contribution in [2.45, 2.75) is 12.3 Å². The number of nitrogens with zero attached hydrogens (tertiary/aromatic N) is 2. The van der Waals surface area contributed by atoms with Crippen molar-refractivity contribution in [2.75, 3.05) is 0 Å². The second kappa shape index (κ2) is 13.4. The lowest BCUT2D eigenvalue weighted by molar-refractivity contribution is 0.714. The van der Waals surface area contributed by atoms with Gasteiger partial charge in [0, 0.05) is 42.3 Å². The van der Waals surface area contributed by atoms with Crippen molar-refractivity contribution in [1.29, 1.82) is 0 Å². The Balaban J connectivity index is 1.02. The number of fused-ring (bicyclic) bond motifs is 6. The average Bonchev–Trinajstić information content (AvgIpc) is 3.79. The molecule has 2 heterocycles. The van der Waals surface area contributed by atoms with E-state index in [1.54, 1.807) is 0 Å². The molecule has 1 atom stereocenters. The van der Waals surface area contributed by atoms with Crippen LogP contribution in [0.1, 0.15) is 23.6 Å². The summed E-state index contributed by atoms with van der Waals surface area (Å²) in [5, 5.41) is 2.63. The van der Waals surface area contributed by atoms with Gasteiger partial charge in [-0.1, -0.05) is 176 Å². The second-order valence-corrected chi connectivity index (χ2v) is 16.1. The summed E-state index contributed by atoms with van der Waals surface area (Å²) in [6, 6.07) is 72.2. The Morgan fingerprint density at radius 1 is 0.368 bits per heavy atom. The summed E-state index contributed by atoms with van der Waals surface area (Å²) in [6.07, 6.45) is 0. The minimum absolute atomic E-state index is 0.281. The lowest BCUT2D eigenvalue weighted by Gasteiger charge is -2.28. The molecule has 10 aromatic rings. The van der Waals surface area contributed by atoms with Crippen molar-refractivity contribution in [3.05, 3.63) is 217 Å². The summed E-state index contributed by atoms with van der Waals surface area (Å²) >= 11 is 1.85. The van der Waals surface area contributed by atoms with Crippen molar-refractivity contribution in [2.24, 2.45) is 0 Å². The zero-order valence-corrected chi connectivity index (χ0v) is 32.2. The minimum Gasteiger partial charge on any atom is -0.228 e. The van der Waals surface area contributed by atoms with Crippen LogP contribution in [-0.4, -0.2) is 9.97 Å². The van der Waals surface area contributed by atoms with E-state index in [0.717, 1.165) is 33.6 Å². The van der Waals surface area contributed by atoms with Crippen LogP contribution in [0.25, 0.3) is 87.5 Å². The van der Waals surface area contributed by atoms with Crippen LogP contribution in [0, 0.1) is 0 Å². The van der Waals surface area contributed by atoms with Gasteiger partial charge in [-0.15, -0.1) is 11.3 Å². The summed E-state index contributed by atoms with van der Waals surface area (Å²) in [5.74, 6) is 0.707. The Hall–Kier alpha value is -6.94. The molecular formula is C54H36N2S. The molecule has 8 aromatic carbocycles. The number of hydrogen-bond donors (Lipinski definition) is 0. The molecule has 57 heavy (non-hydrogen) atoms. The van der Waals surface area contributed by atoms with Gasteiger partial charge in [0.1, 0.15) is 0 Å². The molecule has 1 aliphatic carbocycles. The maximum atomic E-state index is 5.27. The molecule has 0 bridgehead atoms. The molecule has 0 saturated carbocycles. The highest BCUT2D eigenvalue weighted by Crippen LogP contribution is 2.53. The average molecular weight is 745 g/mol. The van der Waals surface area contributed by atoms with Crippen molar-refractivity contribution in [3.8, 4) is 67.3 Å². The summed E-state index contributed by atoms with van der Waals surface area (Å²) in [5.41, 5.74) is 15.9. The molecule has 0 aliphatic heterocycles. The first kappa shape index (κ1) is 33.4. The fraction of sp³-hybridized carbons (Fsp3) is 0.0370. The molecule has 0 fully saturated rings. The molecular weight excluding hydrogens is 709 g/mol. The highest BCUT2D eigenvalue weighted by atomic mass is 32.1. The first-order chi connectivity index (χ1) is 28.1. The van der Waals surface area contributed by atoms with Gasteiger partial charge in [0.2, 0.25) is 0 Å². The van der Waals surface area contributed by atoms with Gasteiger partial charge in [0.15, 0.2) is 5.82 Å². The van der Waals surface area contributed by atoms with E-state index >= 15 is 0 Å². The van der Waals surface area contributed by atoms with E-state index in [2.05, 4.69) is 189 Å². The Morgan fingerprint density at radius 2 is 0.965 bits per heavy atom. The Kier molecular flexibility index (Phi) is 7.84. The summed E-state index contributed by atoms with van der Waals surface area (Å²) in [4.78, 5) is 10.5. The van der Waals surface area contributed by atoms with Crippen molar-refractivity contribution in [1.82, 2.24) is 9.97 Å². The molecule has 0 radical (unpaired) electrons. The fourth-order valence-corrected chi connectivity index (χ4v) is 10.0. The maximum Gasteiger partial charge on any atom is 0.160 e. The van der Waals surface area contributed by atoms with Gasteiger partial charge >= 0.3 is 0 Å². The van der Waals surface area contributed by atoms with Crippen LogP contribution < -0.4 is 0 Å². The van der Waals surface area contributed by atoms with E-state index in [-0.39, 0.29) is 5.41 Å². The molecule has 0 spiro atoms. The zero-order valence-electron chi connectivity index (χ0n) is 31.4. The summed E-state index contributed by atoms with van der Waals surface area (Å²) in [6.45, 7) is 2.37. The third kappa shape index (κ3) is 5.54. The molecule has 0 N–H and O–H groups in total. The van der Waals surface area contributed by atoms with Crippen LogP contribution in [0.4, 0.5) is 0 Å². The Morgan fingerprint density at radius 3 is 1.79 bits per heavy atom. The SMILES string of the molecule is CC1(c2ccccc2)c2ccccc2-c2ccc(-c3ccccc3-c3cc(-c4ccc(-c5ccc6c(c5)sc5ccccc56)cc4)nc(-c4ccccc4)n3)cc21. The number of hydrogen-bond acceptors (Lipinski definition) is 3. The van der Waals surface area contributed by atoms with Crippen molar-refractivity contribution in [3.63, 3.8) is 0 Å². The van der Waals surface area contributed by atoms with Crippen molar-refractivity contribution >= 4 is 31.5 Å². The normalized spacial score (nSPS) is 14.5. The fourth-order valence-electron chi connectivity index (χ4n) is 8.89. The molecule has 268 valence electrons. The minimum atomic E-state index is -0.281. The number of aromatic nitrogens is 2. The Bertz CT molecular complexity index is 3130. The standard InChI is InChI=1S/C54H36N2S/c1-54(40-16-6-3-7-17-40)47-22-12-10-19-42(47)43-30-29-39(32-48(43)54)41-18-8-9-20-44(41)50-34-49(55-53(56-50)37-14-4-2-5-15-37)36-26-24-35(25-27-36)38-28-31-46-45-21-11-13-23-51(45)57-52(46)33-38/h2-34H,1H3. The predicted octanol–water partition coefficient (Wildman–Crippen LogP) is 14.5. The van der Waals surface area contributed by atoms with Crippen LogP contribution in [-0.2, 0) is 5.41 Å². The van der Waals surface area contributed by atoms with Gasteiger partial charge in [-0.3, -0.25) is 0 Å². The molecule has 0 saturated heterocycles. The smallest absolute Gasteiger partial charge is 0.160 e. The van der Waals surface area contributed by atoms with Gasteiger partial charge in [-0.25, -0.2) is 9.97 Å². The van der Waals surface area contributed by atoms with Crippen LogP contribution >= 0.6 is 11.3 Å². The van der Waals surface area contributed by atoms with Crippen LogP contribution in [0.3, 0.4) is 0 Å². The van der Waals surface area contributed by atoms with E-state index in [4.69, 9.17) is 9.97 Å². The topological polar surface area (TPSA) is 25.8 Å². The number of thiophene rings is 1. The maximum absolute atomic E-state index is 5.27. The van der Waals surface area contributed by atoms with E-state index in [9.17, 15) is 0 Å². The lowest BCUT2D eigenvalue weighted by Crippen LogP contribution is -2.22. The molecule has 2 nitrogen and oxygen atoms in total. The van der Waals surface area contributed by atoms with Gasteiger partial charge in [-0.2, -0.15) is 0 Å². The quantitative estimate of drug-likeness (QED) is 0.169. The molecule has 2 aromatic heterocycles.